The molecule has 2 aliphatic heterocycles. The second-order valence-corrected chi connectivity index (χ2v) is 13.1. The average Bonchev–Trinajstić information content (AvgIpc) is 3.52. The fourth-order valence-corrected chi connectivity index (χ4v) is 7.16. The largest absolute Gasteiger partial charge is 0.465 e. The van der Waals surface area contributed by atoms with Crippen molar-refractivity contribution < 1.29 is 14.7 Å². The van der Waals surface area contributed by atoms with E-state index in [1.165, 1.54) is 11.2 Å². The molecular formula is C34H36N8O4. The normalized spacial score (nSPS) is 17.8. The lowest BCUT2D eigenvalue weighted by molar-refractivity contribution is -0.0260. The average molecular weight is 621 g/mol. The number of benzene rings is 2. The van der Waals surface area contributed by atoms with Crippen molar-refractivity contribution >= 4 is 34.5 Å². The molecule has 2 unspecified atom stereocenters. The monoisotopic (exact) mass is 620 g/mol. The number of carbonyl (C=O) groups excluding carboxylic acids is 1. The van der Waals surface area contributed by atoms with Gasteiger partial charge in [0.1, 0.15) is 23.4 Å². The summed E-state index contributed by atoms with van der Waals surface area (Å²) in [5, 5.41) is 13.4. The molecule has 3 aromatic heterocycles. The molecule has 1 saturated heterocycles. The van der Waals surface area contributed by atoms with Gasteiger partial charge >= 0.3 is 6.09 Å². The highest BCUT2D eigenvalue weighted by atomic mass is 16.4. The standard InChI is InChI=1S/C34H36N8O4/c1-34(2,3)28-25(18-40(28)33(45)46)39-17-23(26-29(35)36-19-37-30(26)39)20-12-14-21(15-13-20)38-31(43)27-24-11-7-8-16-41(24)42(32(27)44)22-9-5-4-6-10-22/h4-6,9-10,12-15,17,19,25,28H,7-8,11,16,18H2,1-3H3,(H,38,43)(H,45,46)(H2,35,36,37). The minimum Gasteiger partial charge on any atom is -0.465 e. The van der Waals surface area contributed by atoms with Gasteiger partial charge in [-0.05, 0) is 54.5 Å². The maximum Gasteiger partial charge on any atom is 0.407 e. The summed E-state index contributed by atoms with van der Waals surface area (Å²) in [6, 6.07) is 16.4. The van der Waals surface area contributed by atoms with Crippen molar-refractivity contribution in [2.24, 2.45) is 5.41 Å². The number of nitrogen functional groups attached to an aromatic ring is 1. The highest BCUT2D eigenvalue weighted by molar-refractivity contribution is 6.05. The molecule has 0 bridgehead atoms. The van der Waals surface area contributed by atoms with E-state index in [1.807, 2.05) is 78.7 Å². The van der Waals surface area contributed by atoms with E-state index in [4.69, 9.17) is 5.73 Å². The van der Waals surface area contributed by atoms with Crippen LogP contribution in [0.2, 0.25) is 0 Å². The summed E-state index contributed by atoms with van der Waals surface area (Å²) in [4.78, 5) is 49.4. The molecule has 5 heterocycles. The minimum absolute atomic E-state index is 0.131. The smallest absolute Gasteiger partial charge is 0.407 e. The molecule has 7 rings (SSSR count). The zero-order valence-corrected chi connectivity index (χ0v) is 26.0. The number of nitrogens with two attached hydrogens (primary N) is 1. The van der Waals surface area contributed by atoms with Crippen LogP contribution in [0, 0.1) is 5.41 Å². The van der Waals surface area contributed by atoms with Gasteiger partial charge < -0.3 is 25.6 Å². The summed E-state index contributed by atoms with van der Waals surface area (Å²) in [6.45, 7) is 7.11. The Bertz CT molecular complexity index is 2040. The molecule has 2 aliphatic rings. The van der Waals surface area contributed by atoms with Gasteiger partial charge in [-0.15, -0.1) is 0 Å². The third-order valence-electron chi connectivity index (χ3n) is 9.18. The van der Waals surface area contributed by atoms with Crippen LogP contribution < -0.4 is 16.6 Å². The molecule has 1 fully saturated rings. The zero-order chi connectivity index (χ0) is 32.3. The van der Waals surface area contributed by atoms with Gasteiger partial charge in [0.25, 0.3) is 11.5 Å². The second-order valence-electron chi connectivity index (χ2n) is 13.1. The van der Waals surface area contributed by atoms with Crippen LogP contribution in [0.25, 0.3) is 27.8 Å². The second kappa shape index (κ2) is 10.9. The fourth-order valence-electron chi connectivity index (χ4n) is 7.16. The zero-order valence-electron chi connectivity index (χ0n) is 26.0. The van der Waals surface area contributed by atoms with E-state index < -0.39 is 12.0 Å². The molecule has 0 spiro atoms. The maximum absolute atomic E-state index is 13.6. The number of nitrogens with zero attached hydrogens (tertiary/aromatic N) is 6. The first-order valence-electron chi connectivity index (χ1n) is 15.5. The lowest BCUT2D eigenvalue weighted by atomic mass is 9.76. The van der Waals surface area contributed by atoms with E-state index in [2.05, 4.69) is 15.3 Å². The first-order valence-corrected chi connectivity index (χ1v) is 15.5. The van der Waals surface area contributed by atoms with Gasteiger partial charge in [0.05, 0.1) is 28.9 Å². The van der Waals surface area contributed by atoms with Crippen LogP contribution >= 0.6 is 0 Å². The summed E-state index contributed by atoms with van der Waals surface area (Å²) in [6.07, 6.45) is 4.95. The Kier molecular flexibility index (Phi) is 6.95. The number of nitrogens with one attached hydrogen (secondary N) is 1. The fraction of sp³-hybridized carbons (Fsp3) is 0.324. The Morgan fingerprint density at radius 3 is 2.46 bits per heavy atom. The van der Waals surface area contributed by atoms with Crippen molar-refractivity contribution in [1.82, 2.24) is 28.8 Å². The first kappa shape index (κ1) is 29.3. The Morgan fingerprint density at radius 2 is 1.76 bits per heavy atom. The van der Waals surface area contributed by atoms with Gasteiger partial charge in [-0.25, -0.2) is 19.4 Å². The number of para-hydroxylation sites is 1. The molecular weight excluding hydrogens is 584 g/mol. The molecule has 12 heteroatoms. The van der Waals surface area contributed by atoms with E-state index in [-0.39, 0.29) is 28.6 Å². The molecule has 2 aromatic carbocycles. The van der Waals surface area contributed by atoms with E-state index in [0.29, 0.717) is 42.0 Å². The predicted molar refractivity (Wildman–Crippen MR) is 175 cm³/mol. The molecule has 46 heavy (non-hydrogen) atoms. The summed E-state index contributed by atoms with van der Waals surface area (Å²) < 4.78 is 5.56. The first-order chi connectivity index (χ1) is 22.0. The molecule has 2 atom stereocenters. The molecule has 4 N–H and O–H groups in total. The van der Waals surface area contributed by atoms with Crippen molar-refractivity contribution in [3.05, 3.63) is 88.7 Å². The summed E-state index contributed by atoms with van der Waals surface area (Å²) >= 11 is 0. The van der Waals surface area contributed by atoms with Crippen LogP contribution in [0.3, 0.4) is 0 Å². The Hall–Kier alpha value is -5.39. The Morgan fingerprint density at radius 1 is 1.02 bits per heavy atom. The molecule has 0 radical (unpaired) electrons. The van der Waals surface area contributed by atoms with Crippen LogP contribution in [0.15, 0.2) is 71.9 Å². The van der Waals surface area contributed by atoms with Crippen LogP contribution in [0.4, 0.5) is 16.3 Å². The number of amides is 2. The van der Waals surface area contributed by atoms with Crippen LogP contribution in [0.5, 0.6) is 0 Å². The lowest BCUT2D eigenvalue weighted by Gasteiger charge is -2.53. The van der Waals surface area contributed by atoms with Gasteiger partial charge in [0, 0.05) is 30.5 Å². The predicted octanol–water partition coefficient (Wildman–Crippen LogP) is 5.17. The lowest BCUT2D eigenvalue weighted by Crippen LogP contribution is -2.63. The van der Waals surface area contributed by atoms with Gasteiger partial charge in [-0.2, -0.15) is 0 Å². The minimum atomic E-state index is -0.945. The Balaban J connectivity index is 1.21. The molecule has 0 aliphatic carbocycles. The number of anilines is 2. The van der Waals surface area contributed by atoms with Crippen LogP contribution in [-0.4, -0.2) is 58.5 Å². The number of fused-ring (bicyclic) bond motifs is 2. The quantitative estimate of drug-likeness (QED) is 0.245. The highest BCUT2D eigenvalue weighted by Gasteiger charge is 2.50. The van der Waals surface area contributed by atoms with E-state index in [0.717, 1.165) is 35.3 Å². The third kappa shape index (κ3) is 4.72. The number of hydrogen-bond donors (Lipinski definition) is 3. The third-order valence-corrected chi connectivity index (χ3v) is 9.18. The number of carbonyl (C=O) groups is 2. The van der Waals surface area contributed by atoms with E-state index >= 15 is 0 Å². The van der Waals surface area contributed by atoms with Crippen molar-refractivity contribution in [3.63, 3.8) is 0 Å². The molecule has 2 amide bonds. The van der Waals surface area contributed by atoms with Crippen molar-refractivity contribution in [2.45, 2.75) is 58.7 Å². The molecule has 12 nitrogen and oxygen atoms in total. The van der Waals surface area contributed by atoms with Crippen LogP contribution in [-0.2, 0) is 13.0 Å². The number of hydrogen-bond acceptors (Lipinski definition) is 6. The SMILES string of the molecule is CC(C)(C)C1C(n2cc(-c3ccc(NC(=O)c4c5n(n(-c6ccccc6)c4=O)CCCC5)cc3)c3c(N)ncnc32)CN1C(=O)O. The Labute approximate surface area is 265 Å². The van der Waals surface area contributed by atoms with Gasteiger partial charge in [-0.1, -0.05) is 51.1 Å². The number of carboxylic acid groups (broad SMARTS) is 1. The van der Waals surface area contributed by atoms with Crippen molar-refractivity contribution in [2.75, 3.05) is 17.6 Å². The molecule has 0 saturated carbocycles. The molecule has 5 aromatic rings. The maximum atomic E-state index is 13.6. The van der Waals surface area contributed by atoms with Crippen molar-refractivity contribution in [3.8, 4) is 16.8 Å². The van der Waals surface area contributed by atoms with E-state index in [9.17, 15) is 19.5 Å². The van der Waals surface area contributed by atoms with Crippen LogP contribution in [0.1, 0.15) is 55.7 Å². The number of rotatable bonds is 5. The topological polar surface area (TPSA) is 153 Å². The number of likely N-dealkylation sites (tertiary alicyclic amines) is 1. The summed E-state index contributed by atoms with van der Waals surface area (Å²) in [5.74, 6) is -0.112. The van der Waals surface area contributed by atoms with Gasteiger partial charge in [0.15, 0.2) is 0 Å². The summed E-state index contributed by atoms with van der Waals surface area (Å²) in [5.41, 5.74) is 10.2. The summed E-state index contributed by atoms with van der Waals surface area (Å²) in [7, 11) is 0. The van der Waals surface area contributed by atoms with Gasteiger partial charge in [-0.3, -0.25) is 14.3 Å². The van der Waals surface area contributed by atoms with Gasteiger partial charge in [0.2, 0.25) is 0 Å². The van der Waals surface area contributed by atoms with Crippen molar-refractivity contribution in [1.29, 1.82) is 0 Å². The highest BCUT2D eigenvalue weighted by Crippen LogP contribution is 2.44. The molecule has 236 valence electrons. The number of aromatic nitrogens is 5. The van der Waals surface area contributed by atoms with E-state index in [1.54, 1.807) is 16.8 Å².